The molecule has 0 aromatic rings. The molecule has 0 aromatic carbocycles. The summed E-state index contributed by atoms with van der Waals surface area (Å²) in [5.41, 5.74) is 0. The number of rotatable bonds is 1. The maximum atomic E-state index is 10.7. The molecular formula is C5H11N2NaO5S. The summed E-state index contributed by atoms with van der Waals surface area (Å²) in [6.45, 7) is 0.364. The average molecular weight is 234 g/mol. The number of carboxylic acid groups (broad SMARTS) is 1. The summed E-state index contributed by atoms with van der Waals surface area (Å²) in [4.78, 5) is 11.2. The third-order valence-corrected chi connectivity index (χ3v) is 2.89. The first-order chi connectivity index (χ1) is 5.93. The Morgan fingerprint density at radius 3 is 2.43 bits per heavy atom. The van der Waals surface area contributed by atoms with E-state index in [9.17, 15) is 13.2 Å². The fraction of sp³-hybridized carbons (Fsp3) is 0.800. The molecule has 1 fully saturated rings. The van der Waals surface area contributed by atoms with Crippen LogP contribution in [0.15, 0.2) is 0 Å². The SMILES string of the molecule is O=C(O)N1CCNCC1S(=O)(=O)O.[NaH]. The quantitative estimate of drug-likeness (QED) is 0.362. The van der Waals surface area contributed by atoms with E-state index in [-0.39, 0.29) is 42.6 Å². The standard InChI is InChI=1S/C5H10N2O5S.Na.H/c8-5(9)7-2-1-6-3-4(7)13(10,11)12;;/h4,6H,1-3H2,(H,8,9)(H,10,11,12);;. The second-order valence-electron chi connectivity index (χ2n) is 2.65. The number of piperazine rings is 1. The fourth-order valence-electron chi connectivity index (χ4n) is 1.16. The van der Waals surface area contributed by atoms with E-state index in [2.05, 4.69) is 5.32 Å². The summed E-state index contributed by atoms with van der Waals surface area (Å²) >= 11 is 0. The molecular weight excluding hydrogens is 223 g/mol. The first kappa shape index (κ1) is 14.1. The Balaban J connectivity index is 0.00000169. The molecule has 1 unspecified atom stereocenters. The molecule has 0 radical (unpaired) electrons. The Labute approximate surface area is 104 Å². The molecule has 3 N–H and O–H groups in total. The first-order valence-corrected chi connectivity index (χ1v) is 5.10. The summed E-state index contributed by atoms with van der Waals surface area (Å²) in [5.74, 6) is 0. The molecule has 0 spiro atoms. The van der Waals surface area contributed by atoms with Crippen LogP contribution in [0.5, 0.6) is 0 Å². The van der Waals surface area contributed by atoms with Crippen molar-refractivity contribution in [2.75, 3.05) is 19.6 Å². The van der Waals surface area contributed by atoms with E-state index in [4.69, 9.17) is 9.66 Å². The van der Waals surface area contributed by atoms with Gasteiger partial charge in [0, 0.05) is 19.6 Å². The van der Waals surface area contributed by atoms with Crippen molar-refractivity contribution in [2.45, 2.75) is 5.37 Å². The van der Waals surface area contributed by atoms with E-state index in [1.807, 2.05) is 0 Å². The first-order valence-electron chi connectivity index (χ1n) is 3.59. The second kappa shape index (κ2) is 5.29. The second-order valence-corrected chi connectivity index (χ2v) is 4.22. The number of hydrogen-bond donors (Lipinski definition) is 3. The molecule has 7 nitrogen and oxygen atoms in total. The topological polar surface area (TPSA) is 107 Å². The molecule has 0 bridgehead atoms. The van der Waals surface area contributed by atoms with Crippen molar-refractivity contribution in [3.8, 4) is 0 Å². The third-order valence-electron chi connectivity index (χ3n) is 1.79. The molecule has 0 saturated carbocycles. The Morgan fingerprint density at radius 2 is 2.07 bits per heavy atom. The minimum absolute atomic E-state index is 0. The van der Waals surface area contributed by atoms with Crippen molar-refractivity contribution in [1.82, 2.24) is 10.2 Å². The van der Waals surface area contributed by atoms with Crippen LogP contribution in [0.2, 0.25) is 0 Å². The van der Waals surface area contributed by atoms with Crippen LogP contribution in [0.4, 0.5) is 4.79 Å². The van der Waals surface area contributed by atoms with Gasteiger partial charge in [0.2, 0.25) is 0 Å². The molecule has 0 aliphatic carbocycles. The van der Waals surface area contributed by atoms with Gasteiger partial charge in [-0.25, -0.2) is 4.79 Å². The van der Waals surface area contributed by atoms with E-state index in [0.717, 1.165) is 0 Å². The van der Waals surface area contributed by atoms with Gasteiger partial charge in [0.25, 0.3) is 10.1 Å². The number of amides is 1. The van der Waals surface area contributed by atoms with Crippen molar-refractivity contribution in [3.05, 3.63) is 0 Å². The van der Waals surface area contributed by atoms with E-state index in [1.165, 1.54) is 0 Å². The molecule has 1 heterocycles. The van der Waals surface area contributed by atoms with Gasteiger partial charge in [0.05, 0.1) is 0 Å². The molecule has 9 heteroatoms. The zero-order valence-corrected chi connectivity index (χ0v) is 7.49. The zero-order chi connectivity index (χ0) is 10.1. The van der Waals surface area contributed by atoms with Crippen LogP contribution in [0, 0.1) is 0 Å². The molecule has 1 aliphatic rings. The van der Waals surface area contributed by atoms with E-state index >= 15 is 0 Å². The summed E-state index contributed by atoms with van der Waals surface area (Å²) in [6.07, 6.45) is -1.34. The van der Waals surface area contributed by atoms with Crippen LogP contribution in [-0.4, -0.2) is 83.6 Å². The van der Waals surface area contributed by atoms with Crippen LogP contribution in [0.1, 0.15) is 0 Å². The van der Waals surface area contributed by atoms with Gasteiger partial charge in [0.15, 0.2) is 5.37 Å². The number of nitrogens with zero attached hydrogens (tertiary/aromatic N) is 1. The number of nitrogens with one attached hydrogen (secondary N) is 1. The molecule has 1 atom stereocenters. The molecule has 14 heavy (non-hydrogen) atoms. The summed E-state index contributed by atoms with van der Waals surface area (Å²) in [7, 11) is -4.34. The van der Waals surface area contributed by atoms with Crippen LogP contribution < -0.4 is 5.32 Å². The Hall–Kier alpha value is 0.140. The van der Waals surface area contributed by atoms with Crippen molar-refractivity contribution in [2.24, 2.45) is 0 Å². The van der Waals surface area contributed by atoms with Gasteiger partial charge in [-0.3, -0.25) is 9.45 Å². The summed E-state index contributed by atoms with van der Waals surface area (Å²) in [6, 6.07) is 0. The Bertz CT molecular complexity index is 305. The summed E-state index contributed by atoms with van der Waals surface area (Å²) < 4.78 is 30.1. The average Bonchev–Trinajstić information content (AvgIpc) is 2.03. The number of carbonyl (C=O) groups is 1. The van der Waals surface area contributed by atoms with Crippen LogP contribution in [-0.2, 0) is 10.1 Å². The third kappa shape index (κ3) is 3.37. The zero-order valence-electron chi connectivity index (χ0n) is 6.67. The molecule has 1 aliphatic heterocycles. The van der Waals surface area contributed by atoms with E-state index in [0.29, 0.717) is 11.4 Å². The Morgan fingerprint density at radius 1 is 1.50 bits per heavy atom. The minimum atomic E-state index is -4.34. The normalized spacial score (nSPS) is 22.6. The molecule has 1 rings (SSSR count). The van der Waals surface area contributed by atoms with Gasteiger partial charge in [-0.1, -0.05) is 0 Å². The van der Waals surface area contributed by atoms with Crippen molar-refractivity contribution >= 4 is 45.8 Å². The van der Waals surface area contributed by atoms with Gasteiger partial charge in [-0.05, 0) is 0 Å². The predicted molar refractivity (Wildman–Crippen MR) is 50.1 cm³/mol. The predicted octanol–water partition coefficient (Wildman–Crippen LogP) is -1.86. The van der Waals surface area contributed by atoms with Gasteiger partial charge in [0.1, 0.15) is 0 Å². The van der Waals surface area contributed by atoms with E-state index in [1.54, 1.807) is 0 Å². The molecule has 0 aromatic heterocycles. The van der Waals surface area contributed by atoms with Crippen molar-refractivity contribution in [3.63, 3.8) is 0 Å². The number of hydrogen-bond acceptors (Lipinski definition) is 4. The summed E-state index contributed by atoms with van der Waals surface area (Å²) in [5, 5.41) is 9.89. The van der Waals surface area contributed by atoms with Gasteiger partial charge < -0.3 is 10.4 Å². The maximum absolute atomic E-state index is 10.7. The fourth-order valence-corrected chi connectivity index (χ4v) is 2.01. The van der Waals surface area contributed by atoms with Crippen LogP contribution in [0.3, 0.4) is 0 Å². The molecule has 1 amide bonds. The Kier molecular flexibility index (Phi) is 5.34. The van der Waals surface area contributed by atoms with Gasteiger partial charge >= 0.3 is 35.7 Å². The van der Waals surface area contributed by atoms with E-state index < -0.39 is 21.6 Å². The van der Waals surface area contributed by atoms with Crippen molar-refractivity contribution < 1.29 is 22.9 Å². The van der Waals surface area contributed by atoms with Crippen LogP contribution >= 0.6 is 0 Å². The van der Waals surface area contributed by atoms with Crippen molar-refractivity contribution in [1.29, 1.82) is 0 Å². The van der Waals surface area contributed by atoms with Gasteiger partial charge in [-0.2, -0.15) is 8.42 Å². The molecule has 1 saturated heterocycles. The molecule has 78 valence electrons. The van der Waals surface area contributed by atoms with Crippen LogP contribution in [0.25, 0.3) is 0 Å². The monoisotopic (exact) mass is 234 g/mol. The van der Waals surface area contributed by atoms with Gasteiger partial charge in [-0.15, -0.1) is 0 Å².